The Hall–Kier alpha value is -3.02. The van der Waals surface area contributed by atoms with Crippen molar-refractivity contribution in [1.29, 1.82) is 0 Å². The van der Waals surface area contributed by atoms with Gasteiger partial charge in [0.1, 0.15) is 12.4 Å². The number of anilines is 1. The molecule has 2 N–H and O–H groups in total. The van der Waals surface area contributed by atoms with Gasteiger partial charge in [0.05, 0.1) is 27.3 Å². The van der Waals surface area contributed by atoms with Crippen molar-refractivity contribution in [1.82, 2.24) is 4.57 Å². The van der Waals surface area contributed by atoms with Gasteiger partial charge in [0.15, 0.2) is 0 Å². The fourth-order valence-corrected chi connectivity index (χ4v) is 4.73. The molecule has 2 aromatic carbocycles. The van der Waals surface area contributed by atoms with Gasteiger partial charge in [-0.15, -0.1) is 0 Å². The average molecular weight is 447 g/mol. The van der Waals surface area contributed by atoms with Crippen LogP contribution in [-0.4, -0.2) is 31.0 Å². The molecule has 3 rings (SSSR count). The largest absolute Gasteiger partial charge is 0.373 e. The van der Waals surface area contributed by atoms with Crippen LogP contribution in [0.3, 0.4) is 0 Å². The van der Waals surface area contributed by atoms with Gasteiger partial charge in [-0.05, 0) is 40.4 Å². The Labute approximate surface area is 196 Å². The van der Waals surface area contributed by atoms with Crippen LogP contribution in [0.1, 0.15) is 5.56 Å². The van der Waals surface area contributed by atoms with Crippen LogP contribution in [-0.2, 0) is 14.1 Å². The van der Waals surface area contributed by atoms with Crippen molar-refractivity contribution in [2.45, 2.75) is 5.16 Å². The Kier molecular flexibility index (Phi) is 8.54. The molecule has 166 valence electrons. The molecule has 0 aliphatic heterocycles. The summed E-state index contributed by atoms with van der Waals surface area (Å²) in [6, 6.07) is 13.1. The number of imidazole rings is 1. The first-order chi connectivity index (χ1) is 15.5. The SMILES string of the molecule is C=C/C=C(\C=C/[NH2+]C)/C=C/c1ccc(N(C)CCSc2n(C)cc[n+]2C)c2ccccc12. The molecule has 0 saturated carbocycles. The number of thioether (sulfide) groups is 1. The van der Waals surface area contributed by atoms with Crippen LogP contribution >= 0.6 is 11.8 Å². The number of quaternary nitrogens is 1. The molecule has 5 heteroatoms. The maximum Gasteiger partial charge on any atom is 0.317 e. The highest BCUT2D eigenvalue weighted by molar-refractivity contribution is 7.99. The normalized spacial score (nSPS) is 12.3. The molecule has 0 aliphatic rings. The molecular formula is C27H34N4S+2. The van der Waals surface area contributed by atoms with E-state index in [9.17, 15) is 0 Å². The van der Waals surface area contributed by atoms with Crippen LogP contribution in [0.25, 0.3) is 16.8 Å². The van der Waals surface area contributed by atoms with E-state index in [1.165, 1.54) is 27.2 Å². The summed E-state index contributed by atoms with van der Waals surface area (Å²) in [5.41, 5.74) is 3.60. The van der Waals surface area contributed by atoms with Gasteiger partial charge in [0.2, 0.25) is 0 Å². The second-order valence-electron chi connectivity index (χ2n) is 7.72. The Balaban J connectivity index is 1.81. The number of hydrogen-bond acceptors (Lipinski definition) is 2. The van der Waals surface area contributed by atoms with Crippen molar-refractivity contribution in [3.05, 3.63) is 97.0 Å². The molecular weight excluding hydrogens is 412 g/mol. The lowest BCUT2D eigenvalue weighted by Gasteiger charge is -2.21. The summed E-state index contributed by atoms with van der Waals surface area (Å²) in [7, 11) is 8.39. The molecule has 0 spiro atoms. The van der Waals surface area contributed by atoms with E-state index >= 15 is 0 Å². The first kappa shape index (κ1) is 23.6. The monoisotopic (exact) mass is 446 g/mol. The molecule has 1 aromatic heterocycles. The van der Waals surface area contributed by atoms with Gasteiger partial charge in [0.25, 0.3) is 0 Å². The minimum atomic E-state index is 0.972. The quantitative estimate of drug-likeness (QED) is 0.289. The van der Waals surface area contributed by atoms with Crippen molar-refractivity contribution >= 4 is 34.3 Å². The van der Waals surface area contributed by atoms with E-state index in [0.717, 1.165) is 17.9 Å². The Bertz CT molecular complexity index is 1130. The molecule has 0 fully saturated rings. The number of fused-ring (bicyclic) bond motifs is 1. The number of aryl methyl sites for hydroxylation is 2. The van der Waals surface area contributed by atoms with Gasteiger partial charge in [-0.3, -0.25) is 0 Å². The lowest BCUT2D eigenvalue weighted by molar-refractivity contribution is -0.709. The minimum Gasteiger partial charge on any atom is -0.373 e. The highest BCUT2D eigenvalue weighted by Gasteiger charge is 2.13. The first-order valence-corrected chi connectivity index (χ1v) is 11.9. The fourth-order valence-electron chi connectivity index (χ4n) is 3.66. The first-order valence-electron chi connectivity index (χ1n) is 10.9. The molecule has 0 saturated heterocycles. The molecule has 0 bridgehead atoms. The zero-order valence-corrected chi connectivity index (χ0v) is 20.3. The van der Waals surface area contributed by atoms with Crippen LogP contribution < -0.4 is 14.8 Å². The molecule has 4 nitrogen and oxygen atoms in total. The second-order valence-corrected chi connectivity index (χ2v) is 8.78. The standard InChI is InChI=1S/C27H33N4S/c1-6-9-22(16-17-28-2)12-13-23-14-15-26(25-11-8-7-10-24(23)25)29(3)20-21-32-27-30(4)18-19-31(27)5/h6-19,28H,1,20-21H2,2-5H3/q+1/p+1/b13-12+,17-16-,22-9-. The van der Waals surface area contributed by atoms with Crippen LogP contribution in [0, 0.1) is 0 Å². The third-order valence-electron chi connectivity index (χ3n) is 5.37. The zero-order valence-electron chi connectivity index (χ0n) is 19.5. The predicted molar refractivity (Wildman–Crippen MR) is 139 cm³/mol. The third kappa shape index (κ3) is 5.81. The molecule has 0 atom stereocenters. The van der Waals surface area contributed by atoms with Crippen molar-refractivity contribution in [3.8, 4) is 0 Å². The van der Waals surface area contributed by atoms with Crippen molar-refractivity contribution < 1.29 is 9.88 Å². The van der Waals surface area contributed by atoms with Crippen LogP contribution in [0.5, 0.6) is 0 Å². The Morgan fingerprint density at radius 3 is 2.66 bits per heavy atom. The average Bonchev–Trinajstić information content (AvgIpc) is 3.12. The van der Waals surface area contributed by atoms with E-state index in [1.807, 2.05) is 42.5 Å². The van der Waals surface area contributed by atoms with Crippen LogP contribution in [0.4, 0.5) is 5.69 Å². The highest BCUT2D eigenvalue weighted by Crippen LogP contribution is 2.30. The predicted octanol–water partition coefficient (Wildman–Crippen LogP) is 4.06. The summed E-state index contributed by atoms with van der Waals surface area (Å²) in [6.45, 7) is 4.80. The fraction of sp³-hybridized carbons (Fsp3) is 0.222. The van der Waals surface area contributed by atoms with Crippen molar-refractivity contribution in [3.63, 3.8) is 0 Å². The molecule has 32 heavy (non-hydrogen) atoms. The van der Waals surface area contributed by atoms with Gasteiger partial charge in [-0.2, -0.15) is 0 Å². The number of aromatic nitrogens is 2. The Morgan fingerprint density at radius 2 is 1.97 bits per heavy atom. The van der Waals surface area contributed by atoms with Crippen molar-refractivity contribution in [2.75, 3.05) is 31.3 Å². The van der Waals surface area contributed by atoms with E-state index in [2.05, 4.69) is 109 Å². The molecule has 0 unspecified atom stereocenters. The number of hydrogen-bond donors (Lipinski definition) is 1. The van der Waals surface area contributed by atoms with E-state index in [4.69, 9.17) is 0 Å². The summed E-state index contributed by atoms with van der Waals surface area (Å²) < 4.78 is 4.34. The summed E-state index contributed by atoms with van der Waals surface area (Å²) in [5, 5.41) is 5.83. The molecule has 0 aliphatic carbocycles. The van der Waals surface area contributed by atoms with E-state index < -0.39 is 0 Å². The third-order valence-corrected chi connectivity index (χ3v) is 6.59. The molecule has 0 amide bonds. The highest BCUT2D eigenvalue weighted by atomic mass is 32.2. The smallest absolute Gasteiger partial charge is 0.317 e. The summed E-state index contributed by atoms with van der Waals surface area (Å²) in [5.74, 6) is 1.02. The molecule has 3 aromatic rings. The number of nitrogens with zero attached hydrogens (tertiary/aromatic N) is 3. The number of benzene rings is 2. The van der Waals surface area contributed by atoms with Gasteiger partial charge in [-0.25, -0.2) is 9.13 Å². The zero-order chi connectivity index (χ0) is 22.9. The maximum absolute atomic E-state index is 3.83. The van der Waals surface area contributed by atoms with E-state index in [0.29, 0.717) is 0 Å². The second kappa shape index (κ2) is 11.6. The van der Waals surface area contributed by atoms with Gasteiger partial charge in [0, 0.05) is 30.4 Å². The van der Waals surface area contributed by atoms with Crippen LogP contribution in [0.2, 0.25) is 0 Å². The van der Waals surface area contributed by atoms with Gasteiger partial charge >= 0.3 is 5.16 Å². The lowest BCUT2D eigenvalue weighted by atomic mass is 10.0. The molecule has 0 radical (unpaired) electrons. The van der Waals surface area contributed by atoms with Gasteiger partial charge < -0.3 is 10.2 Å². The number of allylic oxidation sites excluding steroid dienone is 5. The molecule has 1 heterocycles. The van der Waals surface area contributed by atoms with E-state index in [1.54, 1.807) is 0 Å². The number of nitrogens with two attached hydrogens (primary N) is 1. The topological polar surface area (TPSA) is 28.7 Å². The summed E-state index contributed by atoms with van der Waals surface area (Å²) in [4.78, 5) is 2.36. The Morgan fingerprint density at radius 1 is 1.19 bits per heavy atom. The lowest BCUT2D eigenvalue weighted by Crippen LogP contribution is -2.72. The summed E-state index contributed by atoms with van der Waals surface area (Å²) in [6.07, 6.45) is 16.5. The van der Waals surface area contributed by atoms with Crippen molar-refractivity contribution in [2.24, 2.45) is 14.1 Å². The minimum absolute atomic E-state index is 0.972. The van der Waals surface area contributed by atoms with Gasteiger partial charge in [-0.1, -0.05) is 61.2 Å². The van der Waals surface area contributed by atoms with Crippen LogP contribution in [0.15, 0.2) is 96.6 Å². The summed E-state index contributed by atoms with van der Waals surface area (Å²) >= 11 is 1.88. The maximum atomic E-state index is 3.83. The van der Waals surface area contributed by atoms with E-state index in [-0.39, 0.29) is 0 Å². The number of rotatable bonds is 10.